The first-order chi connectivity index (χ1) is 15.4. The molecule has 0 aliphatic carbocycles. The van der Waals surface area contributed by atoms with Gasteiger partial charge in [0.05, 0.1) is 18.4 Å². The number of amides is 1. The summed E-state index contributed by atoms with van der Waals surface area (Å²) in [6, 6.07) is 8.04. The van der Waals surface area contributed by atoms with Gasteiger partial charge in [-0.15, -0.1) is 28.1 Å². The summed E-state index contributed by atoms with van der Waals surface area (Å²) in [5.74, 6) is 0.182. The fourth-order valence-corrected chi connectivity index (χ4v) is 5.21. The minimum Gasteiger partial charge on any atom is -0.465 e. The highest BCUT2D eigenvalue weighted by Gasteiger charge is 2.23. The quantitative estimate of drug-likeness (QED) is 0.272. The summed E-state index contributed by atoms with van der Waals surface area (Å²) >= 11 is 2.67. The number of esters is 1. The Labute approximate surface area is 195 Å². The molecule has 2 aromatic heterocycles. The lowest BCUT2D eigenvalue weighted by Crippen LogP contribution is -2.16. The summed E-state index contributed by atoms with van der Waals surface area (Å²) in [5, 5.41) is 12.6. The number of allylic oxidation sites excluding steroid dienone is 1. The number of benzene rings is 1. The van der Waals surface area contributed by atoms with Gasteiger partial charge in [-0.25, -0.2) is 4.79 Å². The van der Waals surface area contributed by atoms with Crippen molar-refractivity contribution in [1.29, 1.82) is 0 Å². The zero-order chi connectivity index (χ0) is 23.3. The van der Waals surface area contributed by atoms with Crippen LogP contribution in [0.3, 0.4) is 0 Å². The van der Waals surface area contributed by atoms with Gasteiger partial charge in [-0.2, -0.15) is 0 Å². The van der Waals surface area contributed by atoms with Crippen molar-refractivity contribution in [1.82, 2.24) is 14.8 Å². The van der Waals surface area contributed by atoms with E-state index in [4.69, 9.17) is 4.74 Å². The van der Waals surface area contributed by atoms with E-state index in [-0.39, 0.29) is 11.7 Å². The zero-order valence-corrected chi connectivity index (χ0v) is 20.2. The summed E-state index contributed by atoms with van der Waals surface area (Å²) in [6.45, 7) is 10.3. The first kappa shape index (κ1) is 23.7. The Morgan fingerprint density at radius 1 is 1.25 bits per heavy atom. The number of thioether (sulfide) groups is 1. The van der Waals surface area contributed by atoms with Gasteiger partial charge in [-0.05, 0) is 25.8 Å². The number of carbonyl (C=O) groups excluding carboxylic acids is 2. The van der Waals surface area contributed by atoms with E-state index in [1.54, 1.807) is 6.08 Å². The normalized spacial score (nSPS) is 10.8. The molecule has 0 radical (unpaired) electrons. The van der Waals surface area contributed by atoms with Crippen LogP contribution in [0.4, 0.5) is 5.00 Å². The fourth-order valence-electron chi connectivity index (χ4n) is 3.31. The SMILES string of the molecule is C=CCn1c(SCC(=O)Nc2sc(C)c(CC)c2C(=O)OC)nnc1-c1ccc(C)cc1. The van der Waals surface area contributed by atoms with Crippen LogP contribution in [0.5, 0.6) is 0 Å². The van der Waals surface area contributed by atoms with Gasteiger partial charge in [0.1, 0.15) is 5.00 Å². The molecule has 1 amide bonds. The third kappa shape index (κ3) is 5.11. The number of hydrogen-bond donors (Lipinski definition) is 1. The molecule has 168 valence electrons. The highest BCUT2D eigenvalue weighted by molar-refractivity contribution is 7.99. The Hall–Kier alpha value is -2.91. The molecule has 0 unspecified atom stereocenters. The maximum Gasteiger partial charge on any atom is 0.341 e. The van der Waals surface area contributed by atoms with Crippen LogP contribution >= 0.6 is 23.1 Å². The Bertz CT molecular complexity index is 1130. The van der Waals surface area contributed by atoms with Gasteiger partial charge in [-0.1, -0.05) is 54.6 Å². The van der Waals surface area contributed by atoms with Gasteiger partial charge in [0, 0.05) is 17.0 Å². The second kappa shape index (κ2) is 10.6. The molecule has 0 fully saturated rings. The minimum atomic E-state index is -0.442. The number of anilines is 1. The molecule has 0 bridgehead atoms. The maximum atomic E-state index is 12.7. The second-order valence-corrected chi connectivity index (χ2v) is 9.26. The van der Waals surface area contributed by atoms with Crippen molar-refractivity contribution in [3.63, 3.8) is 0 Å². The third-order valence-corrected chi connectivity index (χ3v) is 6.91. The molecule has 1 aromatic carbocycles. The predicted molar refractivity (Wildman–Crippen MR) is 130 cm³/mol. The zero-order valence-electron chi connectivity index (χ0n) is 18.6. The standard InChI is InChI=1S/C23H26N4O3S2/c1-6-12-27-20(16-10-8-14(3)9-11-16)25-26-23(27)31-13-18(28)24-21-19(22(29)30-5)17(7-2)15(4)32-21/h6,8-11H,1,7,12-13H2,2-5H3,(H,24,28). The van der Waals surface area contributed by atoms with Gasteiger partial charge in [-0.3, -0.25) is 9.36 Å². The van der Waals surface area contributed by atoms with E-state index in [0.29, 0.717) is 28.7 Å². The third-order valence-electron chi connectivity index (χ3n) is 4.88. The molecule has 3 aromatic rings. The molecule has 2 heterocycles. The van der Waals surface area contributed by atoms with E-state index in [0.717, 1.165) is 27.4 Å². The molecule has 9 heteroatoms. The Balaban J connectivity index is 1.76. The van der Waals surface area contributed by atoms with Crippen molar-refractivity contribution in [3.05, 3.63) is 58.5 Å². The van der Waals surface area contributed by atoms with Gasteiger partial charge in [0.15, 0.2) is 11.0 Å². The van der Waals surface area contributed by atoms with Gasteiger partial charge >= 0.3 is 5.97 Å². The van der Waals surface area contributed by atoms with Crippen molar-refractivity contribution in [3.8, 4) is 11.4 Å². The van der Waals surface area contributed by atoms with Gasteiger partial charge in [0.2, 0.25) is 5.91 Å². The van der Waals surface area contributed by atoms with Crippen LogP contribution in [0.2, 0.25) is 0 Å². The molecule has 0 atom stereocenters. The number of aryl methyl sites for hydroxylation is 2. The Morgan fingerprint density at radius 3 is 2.59 bits per heavy atom. The summed E-state index contributed by atoms with van der Waals surface area (Å²) < 4.78 is 6.85. The lowest BCUT2D eigenvalue weighted by Gasteiger charge is -2.09. The summed E-state index contributed by atoms with van der Waals surface area (Å²) in [7, 11) is 1.34. The molecule has 0 saturated heterocycles. The molecule has 32 heavy (non-hydrogen) atoms. The number of hydrogen-bond acceptors (Lipinski definition) is 7. The highest BCUT2D eigenvalue weighted by Crippen LogP contribution is 2.34. The van der Waals surface area contributed by atoms with E-state index in [2.05, 4.69) is 22.1 Å². The van der Waals surface area contributed by atoms with Crippen LogP contribution in [-0.2, 0) is 22.5 Å². The monoisotopic (exact) mass is 470 g/mol. The second-order valence-electron chi connectivity index (χ2n) is 7.09. The average molecular weight is 471 g/mol. The smallest absolute Gasteiger partial charge is 0.341 e. The maximum absolute atomic E-state index is 12.7. The molecule has 3 rings (SSSR count). The number of aromatic nitrogens is 3. The summed E-state index contributed by atoms with van der Waals surface area (Å²) in [5.41, 5.74) is 3.45. The average Bonchev–Trinajstić information content (AvgIpc) is 3.32. The van der Waals surface area contributed by atoms with E-state index < -0.39 is 5.97 Å². The van der Waals surface area contributed by atoms with Crippen LogP contribution in [0, 0.1) is 13.8 Å². The number of nitrogens with one attached hydrogen (secondary N) is 1. The van der Waals surface area contributed by atoms with E-state index in [9.17, 15) is 9.59 Å². The van der Waals surface area contributed by atoms with Crippen LogP contribution in [0.15, 0.2) is 42.1 Å². The summed E-state index contributed by atoms with van der Waals surface area (Å²) in [6.07, 6.45) is 2.46. The number of thiophene rings is 1. The van der Waals surface area contributed by atoms with E-state index in [1.165, 1.54) is 30.2 Å². The number of ether oxygens (including phenoxy) is 1. The number of methoxy groups -OCH3 is 1. The molecule has 1 N–H and O–H groups in total. The molecular formula is C23H26N4O3S2. The van der Waals surface area contributed by atoms with Gasteiger partial charge in [0.25, 0.3) is 0 Å². The van der Waals surface area contributed by atoms with E-state index in [1.807, 2.05) is 49.6 Å². The van der Waals surface area contributed by atoms with Crippen molar-refractivity contribution in [2.75, 3.05) is 18.2 Å². The highest BCUT2D eigenvalue weighted by atomic mass is 32.2. The largest absolute Gasteiger partial charge is 0.465 e. The van der Waals surface area contributed by atoms with Gasteiger partial charge < -0.3 is 10.1 Å². The first-order valence-electron chi connectivity index (χ1n) is 10.1. The van der Waals surface area contributed by atoms with Crippen LogP contribution in [0.25, 0.3) is 11.4 Å². The number of rotatable bonds is 9. The lowest BCUT2D eigenvalue weighted by molar-refractivity contribution is -0.113. The molecule has 0 saturated carbocycles. The van der Waals surface area contributed by atoms with Crippen LogP contribution in [0.1, 0.15) is 33.3 Å². The molecule has 0 spiro atoms. The first-order valence-corrected chi connectivity index (χ1v) is 11.9. The van der Waals surface area contributed by atoms with Crippen molar-refractivity contribution < 1.29 is 14.3 Å². The topological polar surface area (TPSA) is 86.1 Å². The van der Waals surface area contributed by atoms with Crippen LogP contribution < -0.4 is 5.32 Å². The fraction of sp³-hybridized carbons (Fsp3) is 0.304. The van der Waals surface area contributed by atoms with Crippen LogP contribution in [-0.4, -0.2) is 39.5 Å². The lowest BCUT2D eigenvalue weighted by atomic mass is 10.1. The van der Waals surface area contributed by atoms with Crippen molar-refractivity contribution in [2.24, 2.45) is 0 Å². The molecule has 0 aliphatic rings. The van der Waals surface area contributed by atoms with Crippen molar-refractivity contribution in [2.45, 2.75) is 38.9 Å². The predicted octanol–water partition coefficient (Wildman–Crippen LogP) is 4.89. The number of carbonyl (C=O) groups is 2. The molecular weight excluding hydrogens is 444 g/mol. The number of nitrogens with zero attached hydrogens (tertiary/aromatic N) is 3. The Morgan fingerprint density at radius 2 is 1.97 bits per heavy atom. The Kier molecular flexibility index (Phi) is 7.87. The molecule has 7 nitrogen and oxygen atoms in total. The van der Waals surface area contributed by atoms with E-state index >= 15 is 0 Å². The minimum absolute atomic E-state index is 0.127. The molecule has 0 aliphatic heterocycles. The summed E-state index contributed by atoms with van der Waals surface area (Å²) in [4.78, 5) is 25.9. The van der Waals surface area contributed by atoms with Crippen molar-refractivity contribution >= 4 is 40.0 Å².